The van der Waals surface area contributed by atoms with E-state index < -0.39 is 0 Å². The number of nitrogens with two attached hydrogens (primary N) is 1. The van der Waals surface area contributed by atoms with Crippen LogP contribution in [0.15, 0.2) is 42.6 Å². The molecule has 0 bridgehead atoms. The van der Waals surface area contributed by atoms with Crippen LogP contribution in [-0.4, -0.2) is 17.5 Å². The number of nitrogens with one attached hydrogen (secondary N) is 1. The lowest BCUT2D eigenvalue weighted by Gasteiger charge is -2.13. The molecule has 1 atom stereocenters. The lowest BCUT2D eigenvalue weighted by Crippen LogP contribution is -2.19. The van der Waals surface area contributed by atoms with Crippen LogP contribution in [0.2, 0.25) is 0 Å². The Balaban J connectivity index is 2.03. The van der Waals surface area contributed by atoms with Gasteiger partial charge < -0.3 is 15.8 Å². The van der Waals surface area contributed by atoms with E-state index in [1.807, 2.05) is 26.0 Å². The normalized spacial score (nSPS) is 11.7. The highest BCUT2D eigenvalue weighted by Crippen LogP contribution is 2.20. The molecule has 0 saturated carbocycles. The lowest BCUT2D eigenvalue weighted by molar-refractivity contribution is -0.117. The third kappa shape index (κ3) is 3.95. The average molecular weight is 285 g/mol. The van der Waals surface area contributed by atoms with E-state index in [-0.39, 0.29) is 11.8 Å². The Morgan fingerprint density at radius 3 is 2.81 bits per heavy atom. The summed E-state index contributed by atoms with van der Waals surface area (Å²) in [7, 11) is 0. The standard InChI is InChI=1S/C16H19N3O2/c1-3-21-15-8-7-14(10-18-15)19-16(20)11(2)12-5-4-6-13(17)9-12/h4-11H,3,17H2,1-2H3,(H,19,20). The summed E-state index contributed by atoms with van der Waals surface area (Å²) in [6.45, 7) is 4.29. The van der Waals surface area contributed by atoms with Crippen LogP contribution < -0.4 is 15.8 Å². The van der Waals surface area contributed by atoms with E-state index in [4.69, 9.17) is 10.5 Å². The molecule has 5 nitrogen and oxygen atoms in total. The molecule has 0 aliphatic heterocycles. The first-order valence-corrected chi connectivity index (χ1v) is 6.85. The number of anilines is 2. The van der Waals surface area contributed by atoms with Gasteiger partial charge in [-0.15, -0.1) is 0 Å². The van der Waals surface area contributed by atoms with Gasteiger partial charge in [-0.05, 0) is 37.6 Å². The molecule has 0 spiro atoms. The van der Waals surface area contributed by atoms with Gasteiger partial charge in [-0.2, -0.15) is 0 Å². The molecule has 110 valence electrons. The average Bonchev–Trinajstić information content (AvgIpc) is 2.48. The quantitative estimate of drug-likeness (QED) is 0.828. The minimum atomic E-state index is -0.292. The van der Waals surface area contributed by atoms with Crippen LogP contribution in [-0.2, 0) is 4.79 Å². The summed E-state index contributed by atoms with van der Waals surface area (Å²) < 4.78 is 5.26. The van der Waals surface area contributed by atoms with Crippen molar-refractivity contribution in [2.24, 2.45) is 0 Å². The van der Waals surface area contributed by atoms with Gasteiger partial charge in [0, 0.05) is 11.8 Å². The van der Waals surface area contributed by atoms with Crippen molar-refractivity contribution >= 4 is 17.3 Å². The molecule has 21 heavy (non-hydrogen) atoms. The van der Waals surface area contributed by atoms with Gasteiger partial charge in [-0.1, -0.05) is 12.1 Å². The van der Waals surface area contributed by atoms with Crippen LogP contribution in [0.3, 0.4) is 0 Å². The number of aromatic nitrogens is 1. The Morgan fingerprint density at radius 1 is 1.38 bits per heavy atom. The molecule has 0 aliphatic carbocycles. The van der Waals surface area contributed by atoms with Gasteiger partial charge in [-0.3, -0.25) is 4.79 Å². The third-order valence-corrected chi connectivity index (χ3v) is 3.10. The number of amides is 1. The molecular weight excluding hydrogens is 266 g/mol. The van der Waals surface area contributed by atoms with Gasteiger partial charge in [0.15, 0.2) is 0 Å². The number of carbonyl (C=O) groups is 1. The molecule has 0 fully saturated rings. The van der Waals surface area contributed by atoms with Crippen LogP contribution in [0.4, 0.5) is 11.4 Å². The molecule has 2 rings (SSSR count). The highest BCUT2D eigenvalue weighted by molar-refractivity contribution is 5.95. The Labute approximate surface area is 124 Å². The molecule has 1 heterocycles. The summed E-state index contributed by atoms with van der Waals surface area (Å²) in [5.74, 6) is 0.144. The molecule has 5 heteroatoms. The van der Waals surface area contributed by atoms with E-state index in [0.717, 1.165) is 5.56 Å². The summed E-state index contributed by atoms with van der Waals surface area (Å²) in [5, 5.41) is 2.83. The number of ether oxygens (including phenoxy) is 1. The fourth-order valence-corrected chi connectivity index (χ4v) is 1.92. The van der Waals surface area contributed by atoms with E-state index >= 15 is 0 Å². The number of carbonyl (C=O) groups excluding carboxylic acids is 1. The van der Waals surface area contributed by atoms with Gasteiger partial charge in [-0.25, -0.2) is 4.98 Å². The fourth-order valence-electron chi connectivity index (χ4n) is 1.92. The number of rotatable bonds is 5. The number of nitrogens with zero attached hydrogens (tertiary/aromatic N) is 1. The predicted octanol–water partition coefficient (Wildman–Crippen LogP) is 2.80. The maximum absolute atomic E-state index is 12.2. The second-order valence-electron chi connectivity index (χ2n) is 4.70. The molecule has 1 aromatic heterocycles. The van der Waals surface area contributed by atoms with E-state index in [1.165, 1.54) is 0 Å². The molecule has 1 aromatic carbocycles. The van der Waals surface area contributed by atoms with E-state index in [9.17, 15) is 4.79 Å². The molecular formula is C16H19N3O2. The van der Waals surface area contributed by atoms with Crippen molar-refractivity contribution in [1.29, 1.82) is 0 Å². The van der Waals surface area contributed by atoms with Gasteiger partial charge in [0.25, 0.3) is 0 Å². The molecule has 0 saturated heterocycles. The first-order valence-electron chi connectivity index (χ1n) is 6.85. The van der Waals surface area contributed by atoms with E-state index in [1.54, 1.807) is 30.5 Å². The molecule has 0 aliphatic rings. The van der Waals surface area contributed by atoms with Gasteiger partial charge in [0.2, 0.25) is 11.8 Å². The monoisotopic (exact) mass is 285 g/mol. The van der Waals surface area contributed by atoms with Crippen molar-refractivity contribution < 1.29 is 9.53 Å². The number of nitrogen functional groups attached to an aromatic ring is 1. The maximum Gasteiger partial charge on any atom is 0.231 e. The zero-order valence-corrected chi connectivity index (χ0v) is 12.2. The van der Waals surface area contributed by atoms with Crippen LogP contribution in [0, 0.1) is 0 Å². The van der Waals surface area contributed by atoms with Crippen LogP contribution in [0.25, 0.3) is 0 Å². The second kappa shape index (κ2) is 6.74. The number of hydrogen-bond donors (Lipinski definition) is 2. The summed E-state index contributed by atoms with van der Waals surface area (Å²) in [6, 6.07) is 10.8. The van der Waals surface area contributed by atoms with Crippen LogP contribution >= 0.6 is 0 Å². The molecule has 3 N–H and O–H groups in total. The number of benzene rings is 1. The van der Waals surface area contributed by atoms with Crippen molar-refractivity contribution in [2.45, 2.75) is 19.8 Å². The van der Waals surface area contributed by atoms with Crippen molar-refractivity contribution in [3.63, 3.8) is 0 Å². The Hall–Kier alpha value is -2.56. The van der Waals surface area contributed by atoms with Gasteiger partial charge >= 0.3 is 0 Å². The summed E-state index contributed by atoms with van der Waals surface area (Å²) in [4.78, 5) is 16.3. The van der Waals surface area contributed by atoms with Gasteiger partial charge in [0.1, 0.15) is 0 Å². The van der Waals surface area contributed by atoms with E-state index in [0.29, 0.717) is 23.9 Å². The van der Waals surface area contributed by atoms with Crippen molar-refractivity contribution in [1.82, 2.24) is 4.98 Å². The number of pyridine rings is 1. The smallest absolute Gasteiger partial charge is 0.231 e. The SMILES string of the molecule is CCOc1ccc(NC(=O)C(C)c2cccc(N)c2)cn1. The zero-order chi connectivity index (χ0) is 15.2. The first kappa shape index (κ1) is 14.8. The maximum atomic E-state index is 12.2. The topological polar surface area (TPSA) is 77.2 Å². The van der Waals surface area contributed by atoms with Crippen molar-refractivity contribution in [3.8, 4) is 5.88 Å². The molecule has 0 radical (unpaired) electrons. The zero-order valence-electron chi connectivity index (χ0n) is 12.2. The minimum Gasteiger partial charge on any atom is -0.478 e. The van der Waals surface area contributed by atoms with E-state index in [2.05, 4.69) is 10.3 Å². The van der Waals surface area contributed by atoms with Gasteiger partial charge in [0.05, 0.1) is 24.4 Å². The third-order valence-electron chi connectivity index (χ3n) is 3.10. The van der Waals surface area contributed by atoms with Crippen molar-refractivity contribution in [3.05, 3.63) is 48.2 Å². The van der Waals surface area contributed by atoms with Crippen LogP contribution in [0.5, 0.6) is 5.88 Å². The van der Waals surface area contributed by atoms with Crippen LogP contribution in [0.1, 0.15) is 25.3 Å². The molecule has 2 aromatic rings. The second-order valence-corrected chi connectivity index (χ2v) is 4.70. The minimum absolute atomic E-state index is 0.105. The highest BCUT2D eigenvalue weighted by Gasteiger charge is 2.15. The fraction of sp³-hybridized carbons (Fsp3) is 0.250. The summed E-state index contributed by atoms with van der Waals surface area (Å²) >= 11 is 0. The predicted molar refractivity (Wildman–Crippen MR) is 83.3 cm³/mol. The summed E-state index contributed by atoms with van der Waals surface area (Å²) in [6.07, 6.45) is 1.58. The molecule has 1 amide bonds. The summed E-state index contributed by atoms with van der Waals surface area (Å²) in [5.41, 5.74) is 7.91. The highest BCUT2D eigenvalue weighted by atomic mass is 16.5. The Bertz CT molecular complexity index is 611. The Morgan fingerprint density at radius 2 is 2.19 bits per heavy atom. The lowest BCUT2D eigenvalue weighted by atomic mass is 10.00. The molecule has 1 unspecified atom stereocenters. The number of hydrogen-bond acceptors (Lipinski definition) is 4. The van der Waals surface area contributed by atoms with Crippen molar-refractivity contribution in [2.75, 3.05) is 17.7 Å². The Kier molecular flexibility index (Phi) is 4.77. The largest absolute Gasteiger partial charge is 0.478 e. The first-order chi connectivity index (χ1) is 10.1.